The van der Waals surface area contributed by atoms with Gasteiger partial charge in [0, 0.05) is 36.5 Å². The van der Waals surface area contributed by atoms with Crippen LogP contribution in [0.5, 0.6) is 0 Å². The van der Waals surface area contributed by atoms with Gasteiger partial charge in [-0.2, -0.15) is 13.2 Å². The second-order valence-corrected chi connectivity index (χ2v) is 9.29. The Hall–Kier alpha value is -3.64. The van der Waals surface area contributed by atoms with Crippen LogP contribution in [-0.4, -0.2) is 39.9 Å². The SMILES string of the molecule is Cc1ncc(C(=O)C[C@@]2(C(=O)NCc3ncc(Nc4ccc(Cl)cc4C(F)(F)F)cc3F)CCOC2)cn1. The van der Waals surface area contributed by atoms with Crippen molar-refractivity contribution in [2.45, 2.75) is 32.5 Å². The van der Waals surface area contributed by atoms with Gasteiger partial charge in [-0.15, -0.1) is 0 Å². The van der Waals surface area contributed by atoms with Gasteiger partial charge in [0.15, 0.2) is 5.78 Å². The first-order valence-electron chi connectivity index (χ1n) is 11.4. The number of ether oxygens (including phenoxy) is 1. The molecule has 200 valence electrons. The monoisotopic (exact) mass is 551 g/mol. The number of rotatable bonds is 8. The molecule has 0 radical (unpaired) electrons. The Balaban J connectivity index is 1.44. The van der Waals surface area contributed by atoms with Crippen molar-refractivity contribution in [3.63, 3.8) is 0 Å². The Labute approximate surface area is 219 Å². The third-order valence-electron chi connectivity index (χ3n) is 6.09. The lowest BCUT2D eigenvalue weighted by molar-refractivity contribution is -0.137. The summed E-state index contributed by atoms with van der Waals surface area (Å²) in [5, 5.41) is 5.00. The average Bonchev–Trinajstić information content (AvgIpc) is 3.34. The highest BCUT2D eigenvalue weighted by Gasteiger charge is 2.44. The Morgan fingerprint density at radius 3 is 2.50 bits per heavy atom. The maximum Gasteiger partial charge on any atom is 0.418 e. The van der Waals surface area contributed by atoms with E-state index in [0.717, 1.165) is 24.4 Å². The molecule has 3 heterocycles. The van der Waals surface area contributed by atoms with Gasteiger partial charge in [-0.25, -0.2) is 14.4 Å². The summed E-state index contributed by atoms with van der Waals surface area (Å²) in [6.07, 6.45) is -0.609. The van der Waals surface area contributed by atoms with Gasteiger partial charge in [-0.3, -0.25) is 14.6 Å². The van der Waals surface area contributed by atoms with E-state index in [2.05, 4.69) is 25.6 Å². The van der Waals surface area contributed by atoms with Crippen LogP contribution in [0.25, 0.3) is 0 Å². The van der Waals surface area contributed by atoms with Crippen LogP contribution in [0.3, 0.4) is 0 Å². The number of hydrogen-bond acceptors (Lipinski definition) is 7. The summed E-state index contributed by atoms with van der Waals surface area (Å²) in [5.74, 6) is -1.17. The molecule has 38 heavy (non-hydrogen) atoms. The first-order valence-corrected chi connectivity index (χ1v) is 11.8. The number of alkyl halides is 3. The van der Waals surface area contributed by atoms with Crippen molar-refractivity contribution in [3.8, 4) is 0 Å². The molecule has 0 aliphatic carbocycles. The minimum Gasteiger partial charge on any atom is -0.380 e. The third-order valence-corrected chi connectivity index (χ3v) is 6.32. The first-order chi connectivity index (χ1) is 18.0. The lowest BCUT2D eigenvalue weighted by atomic mass is 9.80. The van der Waals surface area contributed by atoms with Crippen molar-refractivity contribution in [2.75, 3.05) is 18.5 Å². The minimum atomic E-state index is -4.68. The van der Waals surface area contributed by atoms with E-state index in [9.17, 15) is 27.2 Å². The number of anilines is 2. The number of carbonyl (C=O) groups is 2. The van der Waals surface area contributed by atoms with Gasteiger partial charge in [0.1, 0.15) is 11.6 Å². The lowest BCUT2D eigenvalue weighted by Gasteiger charge is -2.25. The van der Waals surface area contributed by atoms with Crippen molar-refractivity contribution < 1.29 is 31.9 Å². The number of pyridine rings is 1. The van der Waals surface area contributed by atoms with E-state index in [4.69, 9.17) is 16.3 Å². The van der Waals surface area contributed by atoms with E-state index in [0.29, 0.717) is 12.2 Å². The Morgan fingerprint density at radius 2 is 1.87 bits per heavy atom. The van der Waals surface area contributed by atoms with E-state index in [1.807, 2.05) is 0 Å². The molecule has 1 saturated heterocycles. The first kappa shape index (κ1) is 27.4. The highest BCUT2D eigenvalue weighted by molar-refractivity contribution is 6.30. The molecule has 1 aromatic carbocycles. The predicted molar refractivity (Wildman–Crippen MR) is 129 cm³/mol. The van der Waals surface area contributed by atoms with Gasteiger partial charge < -0.3 is 15.4 Å². The fraction of sp³-hybridized carbons (Fsp3) is 0.320. The molecule has 0 unspecified atom stereocenters. The topological polar surface area (TPSA) is 106 Å². The van der Waals surface area contributed by atoms with E-state index >= 15 is 0 Å². The fourth-order valence-corrected chi connectivity index (χ4v) is 4.16. The molecule has 13 heteroatoms. The summed E-state index contributed by atoms with van der Waals surface area (Å²) < 4.78 is 60.2. The van der Waals surface area contributed by atoms with E-state index in [1.165, 1.54) is 18.5 Å². The van der Waals surface area contributed by atoms with Crippen molar-refractivity contribution in [3.05, 3.63) is 76.3 Å². The third kappa shape index (κ3) is 6.25. The zero-order valence-corrected chi connectivity index (χ0v) is 20.8. The number of Topliss-reactive ketones (excluding diaryl/α,β-unsaturated/α-hetero) is 1. The molecule has 1 aliphatic rings. The number of aryl methyl sites for hydroxylation is 1. The normalized spacial score (nSPS) is 17.3. The molecule has 1 amide bonds. The number of ketones is 1. The Bertz CT molecular complexity index is 1350. The molecular weight excluding hydrogens is 530 g/mol. The van der Waals surface area contributed by atoms with E-state index in [1.54, 1.807) is 6.92 Å². The molecule has 0 spiro atoms. The van der Waals surface area contributed by atoms with Crippen molar-refractivity contribution in [2.24, 2.45) is 5.41 Å². The maximum absolute atomic E-state index is 14.7. The number of nitrogens with one attached hydrogen (secondary N) is 2. The highest BCUT2D eigenvalue weighted by Crippen LogP contribution is 2.38. The van der Waals surface area contributed by atoms with Crippen molar-refractivity contribution in [1.29, 1.82) is 0 Å². The second-order valence-electron chi connectivity index (χ2n) is 8.85. The van der Waals surface area contributed by atoms with Crippen LogP contribution < -0.4 is 10.6 Å². The number of hydrogen-bond donors (Lipinski definition) is 2. The number of aromatic nitrogens is 3. The molecule has 4 rings (SSSR count). The minimum absolute atomic E-state index is 0.0126. The van der Waals surface area contributed by atoms with Crippen molar-refractivity contribution in [1.82, 2.24) is 20.3 Å². The second kappa shape index (κ2) is 11.0. The Morgan fingerprint density at radius 1 is 1.13 bits per heavy atom. The summed E-state index contributed by atoms with van der Waals surface area (Å²) in [4.78, 5) is 37.8. The molecule has 0 bridgehead atoms. The number of amides is 1. The van der Waals surface area contributed by atoms with Crippen molar-refractivity contribution >= 4 is 34.7 Å². The van der Waals surface area contributed by atoms with Gasteiger partial charge in [0.2, 0.25) is 5.91 Å². The predicted octanol–water partition coefficient (Wildman–Crippen LogP) is 5.03. The number of halogens is 5. The standard InChI is InChI=1S/C25H22ClF4N5O3/c1-14-31-9-15(10-32-14)22(36)8-24(4-5-38-13-24)23(37)34-12-21-19(27)7-17(11-33-21)35-20-3-2-16(26)6-18(20)25(28,29)30/h2-3,6-7,9-11,35H,4-5,8,12-13H2,1H3,(H,34,37)/t24-/m0/s1. The number of nitrogens with zero attached hydrogens (tertiary/aromatic N) is 3. The Kier molecular flexibility index (Phi) is 7.93. The zero-order valence-electron chi connectivity index (χ0n) is 20.0. The van der Waals surface area contributed by atoms with Crippen LogP contribution in [0.2, 0.25) is 5.02 Å². The highest BCUT2D eigenvalue weighted by atomic mass is 35.5. The molecule has 1 atom stereocenters. The summed E-state index contributed by atoms with van der Waals surface area (Å²) in [6, 6.07) is 4.13. The van der Waals surface area contributed by atoms with Crippen LogP contribution in [0.4, 0.5) is 28.9 Å². The van der Waals surface area contributed by atoms with Gasteiger partial charge >= 0.3 is 6.18 Å². The largest absolute Gasteiger partial charge is 0.418 e. The smallest absolute Gasteiger partial charge is 0.380 e. The van der Waals surface area contributed by atoms with Crippen LogP contribution in [0.1, 0.15) is 40.3 Å². The number of carbonyl (C=O) groups excluding carboxylic acids is 2. The van der Waals surface area contributed by atoms with Crippen LogP contribution in [-0.2, 0) is 22.3 Å². The summed E-state index contributed by atoms with van der Waals surface area (Å²) in [5.41, 5.74) is -2.39. The molecule has 3 aromatic rings. The zero-order chi connectivity index (χ0) is 27.5. The van der Waals surface area contributed by atoms with Crippen LogP contribution in [0.15, 0.2) is 42.9 Å². The summed E-state index contributed by atoms with van der Waals surface area (Å²) >= 11 is 5.69. The lowest BCUT2D eigenvalue weighted by Crippen LogP contribution is -2.43. The molecule has 2 aromatic heterocycles. The fourth-order valence-electron chi connectivity index (χ4n) is 3.98. The van der Waals surface area contributed by atoms with Gasteiger partial charge in [-0.1, -0.05) is 11.6 Å². The summed E-state index contributed by atoms with van der Waals surface area (Å²) in [7, 11) is 0. The van der Waals surface area contributed by atoms with Gasteiger partial charge in [-0.05, 0) is 31.5 Å². The molecule has 1 fully saturated rings. The van der Waals surface area contributed by atoms with E-state index in [-0.39, 0.29) is 59.6 Å². The quantitative estimate of drug-likeness (QED) is 0.299. The average molecular weight is 552 g/mol. The van der Waals surface area contributed by atoms with Crippen LogP contribution in [0, 0.1) is 18.2 Å². The van der Waals surface area contributed by atoms with Crippen LogP contribution >= 0.6 is 11.6 Å². The molecule has 1 aliphatic heterocycles. The number of benzene rings is 1. The van der Waals surface area contributed by atoms with E-state index < -0.39 is 28.9 Å². The molecule has 0 saturated carbocycles. The summed E-state index contributed by atoms with van der Waals surface area (Å²) in [6.45, 7) is 1.67. The molecular formula is C25H22ClF4N5O3. The molecule has 2 N–H and O–H groups in total. The maximum atomic E-state index is 14.7. The van der Waals surface area contributed by atoms with Gasteiger partial charge in [0.05, 0.1) is 53.0 Å². The van der Waals surface area contributed by atoms with Gasteiger partial charge in [0.25, 0.3) is 0 Å². The molecule has 8 nitrogen and oxygen atoms in total.